The van der Waals surface area contributed by atoms with Crippen molar-refractivity contribution >= 4 is 43.7 Å². The van der Waals surface area contributed by atoms with Gasteiger partial charge in [0.1, 0.15) is 5.65 Å². The molecule has 0 saturated carbocycles. The molecule has 0 aliphatic carbocycles. The maximum atomic E-state index is 4.98. The molecule has 0 N–H and O–H groups in total. The van der Waals surface area contributed by atoms with Gasteiger partial charge < -0.3 is 4.57 Å². The highest BCUT2D eigenvalue weighted by molar-refractivity contribution is 6.15. The SMILES string of the molecule is c1ccc(-n2c3ccccc3c3cccc(-c4ccc5c(c4)c4cccnc4n5-c4cccc(-c5cc(-c6ccccn6)cc(-c6ccccn6)c5)c4)c32)cc1. The zero-order chi connectivity index (χ0) is 37.0. The van der Waals surface area contributed by atoms with Gasteiger partial charge in [-0.15, -0.1) is 0 Å². The lowest BCUT2D eigenvalue weighted by molar-refractivity contribution is 1.14. The van der Waals surface area contributed by atoms with Crippen LogP contribution in [0.2, 0.25) is 0 Å². The van der Waals surface area contributed by atoms with Crippen molar-refractivity contribution < 1.29 is 0 Å². The second-order valence-electron chi connectivity index (χ2n) is 14.1. The van der Waals surface area contributed by atoms with Crippen LogP contribution in [0, 0.1) is 0 Å². The van der Waals surface area contributed by atoms with Crippen LogP contribution in [0.4, 0.5) is 0 Å². The van der Waals surface area contributed by atoms with Crippen LogP contribution < -0.4 is 0 Å². The predicted octanol–water partition coefficient (Wildman–Crippen LogP) is 12.7. The van der Waals surface area contributed by atoms with E-state index in [2.05, 4.69) is 171 Å². The molecule has 56 heavy (non-hydrogen) atoms. The molecule has 0 spiro atoms. The van der Waals surface area contributed by atoms with E-state index in [9.17, 15) is 0 Å². The lowest BCUT2D eigenvalue weighted by Crippen LogP contribution is -1.96. The molecule has 5 heterocycles. The third kappa shape index (κ3) is 5.21. The largest absolute Gasteiger partial charge is 0.309 e. The molecule has 0 aliphatic heterocycles. The van der Waals surface area contributed by atoms with Gasteiger partial charge >= 0.3 is 0 Å². The molecule has 0 unspecified atom stereocenters. The molecule has 0 fully saturated rings. The number of nitrogens with zero attached hydrogens (tertiary/aromatic N) is 5. The Labute approximate surface area is 323 Å². The highest BCUT2D eigenvalue weighted by Gasteiger charge is 2.19. The van der Waals surface area contributed by atoms with Crippen molar-refractivity contribution in [2.45, 2.75) is 0 Å². The summed E-state index contributed by atoms with van der Waals surface area (Å²) in [6.07, 6.45) is 5.57. The van der Waals surface area contributed by atoms with Crippen LogP contribution in [0.15, 0.2) is 201 Å². The maximum Gasteiger partial charge on any atom is 0.145 e. The van der Waals surface area contributed by atoms with E-state index in [1.165, 1.54) is 27.4 Å². The second-order valence-corrected chi connectivity index (χ2v) is 14.1. The van der Waals surface area contributed by atoms with Gasteiger partial charge in [-0.05, 0) is 114 Å². The highest BCUT2D eigenvalue weighted by Crippen LogP contribution is 2.41. The van der Waals surface area contributed by atoms with Gasteiger partial charge in [0.15, 0.2) is 0 Å². The fourth-order valence-corrected chi connectivity index (χ4v) is 8.35. The molecule has 262 valence electrons. The minimum atomic E-state index is 0.921. The standard InChI is InChI=1S/C51H33N5/c1-2-14-39(15-3-1)55-48-23-5-4-17-42(48)43-19-11-18-41(50(43)55)35-24-25-49-45(33-35)44-20-12-28-54-51(44)56(49)40-16-10-13-34(32-40)36-29-37(46-21-6-8-26-52-46)31-38(30-36)47-22-7-9-27-53-47/h1-33H. The maximum absolute atomic E-state index is 4.98. The van der Waals surface area contributed by atoms with Crippen LogP contribution in [-0.2, 0) is 0 Å². The Morgan fingerprint density at radius 2 is 0.964 bits per heavy atom. The minimum absolute atomic E-state index is 0.921. The number of benzene rings is 6. The molecule has 0 radical (unpaired) electrons. The first-order valence-electron chi connectivity index (χ1n) is 18.8. The van der Waals surface area contributed by atoms with E-state index in [4.69, 9.17) is 4.98 Å². The van der Waals surface area contributed by atoms with Crippen LogP contribution in [0.1, 0.15) is 0 Å². The van der Waals surface area contributed by atoms with Crippen molar-refractivity contribution in [1.29, 1.82) is 0 Å². The number of hydrogen-bond donors (Lipinski definition) is 0. The summed E-state index contributed by atoms with van der Waals surface area (Å²) < 4.78 is 4.70. The molecular formula is C51H33N5. The van der Waals surface area contributed by atoms with E-state index in [1.807, 2.05) is 48.9 Å². The summed E-state index contributed by atoms with van der Waals surface area (Å²) in [6, 6.07) is 64.6. The molecule has 0 aliphatic rings. The topological polar surface area (TPSA) is 48.5 Å². The van der Waals surface area contributed by atoms with E-state index in [0.717, 1.165) is 72.5 Å². The van der Waals surface area contributed by atoms with Crippen LogP contribution in [-0.4, -0.2) is 24.1 Å². The first-order chi connectivity index (χ1) is 27.8. The molecule has 5 heteroatoms. The van der Waals surface area contributed by atoms with Gasteiger partial charge in [0.2, 0.25) is 0 Å². The van der Waals surface area contributed by atoms with Crippen molar-refractivity contribution in [3.8, 4) is 56.1 Å². The molecule has 11 aromatic rings. The average Bonchev–Trinajstić information content (AvgIpc) is 3.80. The van der Waals surface area contributed by atoms with E-state index in [0.29, 0.717) is 0 Å². The third-order valence-corrected chi connectivity index (χ3v) is 10.8. The fraction of sp³-hybridized carbons (Fsp3) is 0. The van der Waals surface area contributed by atoms with Crippen molar-refractivity contribution in [3.05, 3.63) is 201 Å². The summed E-state index contributed by atoms with van der Waals surface area (Å²) in [7, 11) is 0. The third-order valence-electron chi connectivity index (χ3n) is 10.8. The highest BCUT2D eigenvalue weighted by atomic mass is 15.0. The summed E-state index contributed by atoms with van der Waals surface area (Å²) >= 11 is 0. The minimum Gasteiger partial charge on any atom is -0.309 e. The van der Waals surface area contributed by atoms with E-state index >= 15 is 0 Å². The Kier molecular flexibility index (Phi) is 7.42. The number of pyridine rings is 3. The molecular weight excluding hydrogens is 683 g/mol. The Balaban J connectivity index is 1.09. The summed E-state index contributed by atoms with van der Waals surface area (Å²) in [5, 5.41) is 4.75. The first kappa shape index (κ1) is 31.9. The van der Waals surface area contributed by atoms with Crippen molar-refractivity contribution in [1.82, 2.24) is 24.1 Å². The Morgan fingerprint density at radius 1 is 0.321 bits per heavy atom. The average molecular weight is 716 g/mol. The zero-order valence-corrected chi connectivity index (χ0v) is 30.3. The lowest BCUT2D eigenvalue weighted by Gasteiger charge is -2.13. The van der Waals surface area contributed by atoms with Crippen molar-refractivity contribution in [3.63, 3.8) is 0 Å². The number of para-hydroxylation sites is 3. The molecule has 5 nitrogen and oxygen atoms in total. The van der Waals surface area contributed by atoms with Crippen molar-refractivity contribution in [2.75, 3.05) is 0 Å². The molecule has 0 amide bonds. The van der Waals surface area contributed by atoms with Crippen LogP contribution >= 0.6 is 0 Å². The van der Waals surface area contributed by atoms with Gasteiger partial charge in [0.05, 0.1) is 27.9 Å². The monoisotopic (exact) mass is 715 g/mol. The summed E-state index contributed by atoms with van der Waals surface area (Å²) in [6.45, 7) is 0. The van der Waals surface area contributed by atoms with Gasteiger partial charge in [-0.2, -0.15) is 0 Å². The number of aromatic nitrogens is 5. The fourth-order valence-electron chi connectivity index (χ4n) is 8.35. The first-order valence-corrected chi connectivity index (χ1v) is 18.8. The van der Waals surface area contributed by atoms with Gasteiger partial charge in [0.25, 0.3) is 0 Å². The van der Waals surface area contributed by atoms with Gasteiger partial charge in [0, 0.05) is 68.2 Å². The number of hydrogen-bond acceptors (Lipinski definition) is 3. The van der Waals surface area contributed by atoms with Crippen LogP contribution in [0.25, 0.3) is 99.9 Å². The number of rotatable bonds is 6. The van der Waals surface area contributed by atoms with Gasteiger partial charge in [-0.1, -0.05) is 84.9 Å². The van der Waals surface area contributed by atoms with Crippen molar-refractivity contribution in [2.24, 2.45) is 0 Å². The van der Waals surface area contributed by atoms with E-state index < -0.39 is 0 Å². The second kappa shape index (κ2) is 13.0. The molecule has 0 bridgehead atoms. The normalized spacial score (nSPS) is 11.6. The van der Waals surface area contributed by atoms with E-state index in [-0.39, 0.29) is 0 Å². The van der Waals surface area contributed by atoms with Crippen LogP contribution in [0.3, 0.4) is 0 Å². The summed E-state index contributed by atoms with van der Waals surface area (Å²) in [4.78, 5) is 14.4. The van der Waals surface area contributed by atoms with Gasteiger partial charge in [-0.25, -0.2) is 4.98 Å². The Bertz CT molecular complexity index is 3180. The molecule has 5 aromatic heterocycles. The van der Waals surface area contributed by atoms with E-state index in [1.54, 1.807) is 0 Å². The molecule has 0 saturated heterocycles. The summed E-state index contributed by atoms with van der Waals surface area (Å²) in [5.41, 5.74) is 15.1. The quantitative estimate of drug-likeness (QED) is 0.172. The molecule has 0 atom stereocenters. The van der Waals surface area contributed by atoms with Gasteiger partial charge in [-0.3, -0.25) is 14.5 Å². The lowest BCUT2D eigenvalue weighted by atomic mass is 9.96. The Morgan fingerprint density at radius 3 is 1.75 bits per heavy atom. The number of fused-ring (bicyclic) bond motifs is 6. The molecule has 6 aromatic carbocycles. The molecule has 11 rings (SSSR count). The van der Waals surface area contributed by atoms with Crippen LogP contribution in [0.5, 0.6) is 0 Å². The predicted molar refractivity (Wildman–Crippen MR) is 230 cm³/mol. The summed E-state index contributed by atoms with van der Waals surface area (Å²) in [5.74, 6) is 0. The smallest absolute Gasteiger partial charge is 0.145 e. The zero-order valence-electron chi connectivity index (χ0n) is 30.3. The Hall–Kier alpha value is -7.63.